The summed E-state index contributed by atoms with van der Waals surface area (Å²) >= 11 is 3.45. The van der Waals surface area contributed by atoms with Gasteiger partial charge in [0.05, 0.1) is 0 Å². The lowest BCUT2D eigenvalue weighted by atomic mass is 9.98. The molecule has 17 heavy (non-hydrogen) atoms. The van der Waals surface area contributed by atoms with Gasteiger partial charge in [0.15, 0.2) is 0 Å². The molecule has 88 valence electrons. The van der Waals surface area contributed by atoms with Crippen molar-refractivity contribution in [2.45, 2.75) is 13.3 Å². The highest BCUT2D eigenvalue weighted by Gasteiger charge is 2.02. The zero-order valence-electron chi connectivity index (χ0n) is 9.91. The summed E-state index contributed by atoms with van der Waals surface area (Å²) < 4.78 is 1.11. The quantitative estimate of drug-likeness (QED) is 0.910. The van der Waals surface area contributed by atoms with Gasteiger partial charge in [0.2, 0.25) is 0 Å². The molecule has 0 radical (unpaired) electrons. The third-order valence-electron chi connectivity index (χ3n) is 2.94. The molecule has 0 aliphatic heterocycles. The lowest BCUT2D eigenvalue weighted by Gasteiger charge is -2.08. The Bertz CT molecular complexity index is 503. The van der Waals surface area contributed by atoms with Gasteiger partial charge in [-0.1, -0.05) is 46.3 Å². The maximum Gasteiger partial charge on any atom is 0.0175 e. The van der Waals surface area contributed by atoms with Crippen molar-refractivity contribution in [3.05, 3.63) is 58.1 Å². The van der Waals surface area contributed by atoms with Gasteiger partial charge in [-0.25, -0.2) is 0 Å². The fraction of sp³-hybridized carbons (Fsp3) is 0.200. The number of hydrogen-bond acceptors (Lipinski definition) is 1. The molecule has 0 fully saturated rings. The van der Waals surface area contributed by atoms with E-state index in [1.54, 1.807) is 0 Å². The zero-order chi connectivity index (χ0) is 12.3. The fourth-order valence-electron chi connectivity index (χ4n) is 1.92. The summed E-state index contributed by atoms with van der Waals surface area (Å²) in [5, 5.41) is 0. The SMILES string of the molecule is Cc1ccc(-c2ccc(Br)cc2)cc1CCN. The van der Waals surface area contributed by atoms with E-state index in [-0.39, 0.29) is 0 Å². The minimum Gasteiger partial charge on any atom is -0.330 e. The van der Waals surface area contributed by atoms with Crippen molar-refractivity contribution in [1.29, 1.82) is 0 Å². The first-order chi connectivity index (χ1) is 8.20. The van der Waals surface area contributed by atoms with Crippen LogP contribution in [0.2, 0.25) is 0 Å². The van der Waals surface area contributed by atoms with Crippen molar-refractivity contribution >= 4 is 15.9 Å². The molecule has 0 spiro atoms. The van der Waals surface area contributed by atoms with Crippen LogP contribution in [0.4, 0.5) is 0 Å². The van der Waals surface area contributed by atoms with Gasteiger partial charge in [-0.15, -0.1) is 0 Å². The minimum absolute atomic E-state index is 0.699. The van der Waals surface area contributed by atoms with Crippen LogP contribution in [-0.2, 0) is 6.42 Å². The molecule has 0 heterocycles. The van der Waals surface area contributed by atoms with Gasteiger partial charge in [-0.2, -0.15) is 0 Å². The fourth-order valence-corrected chi connectivity index (χ4v) is 2.18. The van der Waals surface area contributed by atoms with Gasteiger partial charge < -0.3 is 5.73 Å². The normalized spacial score (nSPS) is 10.5. The molecular formula is C15H16BrN. The van der Waals surface area contributed by atoms with E-state index < -0.39 is 0 Å². The highest BCUT2D eigenvalue weighted by molar-refractivity contribution is 9.10. The maximum atomic E-state index is 5.63. The molecule has 0 aliphatic rings. The average molecular weight is 290 g/mol. The lowest BCUT2D eigenvalue weighted by Crippen LogP contribution is -2.04. The van der Waals surface area contributed by atoms with Crippen molar-refractivity contribution < 1.29 is 0 Å². The predicted molar refractivity (Wildman–Crippen MR) is 77.1 cm³/mol. The van der Waals surface area contributed by atoms with Crippen LogP contribution < -0.4 is 5.73 Å². The number of benzene rings is 2. The second kappa shape index (κ2) is 5.48. The summed E-state index contributed by atoms with van der Waals surface area (Å²) in [4.78, 5) is 0. The second-order valence-corrected chi connectivity index (χ2v) is 5.10. The predicted octanol–water partition coefficient (Wildman–Crippen LogP) is 3.93. The second-order valence-electron chi connectivity index (χ2n) is 4.19. The van der Waals surface area contributed by atoms with Gasteiger partial charge >= 0.3 is 0 Å². The first kappa shape index (κ1) is 12.3. The lowest BCUT2D eigenvalue weighted by molar-refractivity contribution is 0.958. The first-order valence-electron chi connectivity index (χ1n) is 5.76. The van der Waals surface area contributed by atoms with E-state index in [2.05, 4.69) is 65.3 Å². The van der Waals surface area contributed by atoms with Crippen LogP contribution >= 0.6 is 15.9 Å². The van der Waals surface area contributed by atoms with Crippen LogP contribution in [-0.4, -0.2) is 6.54 Å². The third-order valence-corrected chi connectivity index (χ3v) is 3.47. The van der Waals surface area contributed by atoms with Gasteiger partial charge in [0.1, 0.15) is 0 Å². The smallest absolute Gasteiger partial charge is 0.0175 e. The highest BCUT2D eigenvalue weighted by atomic mass is 79.9. The Balaban J connectivity index is 2.39. The average Bonchev–Trinajstić information content (AvgIpc) is 2.33. The summed E-state index contributed by atoms with van der Waals surface area (Å²) in [5.41, 5.74) is 10.8. The Kier molecular flexibility index (Phi) is 3.97. The van der Waals surface area contributed by atoms with Gasteiger partial charge in [0.25, 0.3) is 0 Å². The molecule has 0 amide bonds. The van der Waals surface area contributed by atoms with E-state index in [0.717, 1.165) is 10.9 Å². The van der Waals surface area contributed by atoms with Crippen LogP contribution in [0.3, 0.4) is 0 Å². The Morgan fingerprint density at radius 1 is 1.00 bits per heavy atom. The summed E-state index contributed by atoms with van der Waals surface area (Å²) in [6, 6.07) is 15.0. The van der Waals surface area contributed by atoms with Crippen LogP contribution in [0, 0.1) is 6.92 Å². The van der Waals surface area contributed by atoms with Crippen molar-refractivity contribution in [3.63, 3.8) is 0 Å². The van der Waals surface area contributed by atoms with Crippen LogP contribution in [0.15, 0.2) is 46.9 Å². The molecular weight excluding hydrogens is 274 g/mol. The number of halogens is 1. The molecule has 1 nitrogen and oxygen atoms in total. The van der Waals surface area contributed by atoms with Crippen LogP contribution in [0.5, 0.6) is 0 Å². The van der Waals surface area contributed by atoms with Crippen LogP contribution in [0.25, 0.3) is 11.1 Å². The molecule has 2 aromatic carbocycles. The van der Waals surface area contributed by atoms with Gasteiger partial charge in [-0.05, 0) is 54.3 Å². The van der Waals surface area contributed by atoms with Crippen LogP contribution in [0.1, 0.15) is 11.1 Å². The largest absolute Gasteiger partial charge is 0.330 e. The minimum atomic E-state index is 0.699. The molecule has 2 aromatic rings. The molecule has 0 atom stereocenters. The van der Waals surface area contributed by atoms with Crippen molar-refractivity contribution in [2.75, 3.05) is 6.54 Å². The Labute approximate surface area is 111 Å². The summed E-state index contributed by atoms with van der Waals surface area (Å²) in [6.07, 6.45) is 0.941. The summed E-state index contributed by atoms with van der Waals surface area (Å²) in [6.45, 7) is 2.83. The molecule has 0 unspecified atom stereocenters. The standard InChI is InChI=1S/C15H16BrN/c1-11-2-3-14(10-13(11)8-9-17)12-4-6-15(16)7-5-12/h2-7,10H,8-9,17H2,1H3. The summed E-state index contributed by atoms with van der Waals surface area (Å²) in [7, 11) is 0. The van der Waals surface area contributed by atoms with E-state index in [0.29, 0.717) is 6.54 Å². The van der Waals surface area contributed by atoms with Gasteiger partial charge in [0, 0.05) is 4.47 Å². The molecule has 0 aliphatic carbocycles. The van der Waals surface area contributed by atoms with E-state index >= 15 is 0 Å². The molecule has 0 saturated heterocycles. The molecule has 0 saturated carbocycles. The monoisotopic (exact) mass is 289 g/mol. The number of nitrogens with two attached hydrogens (primary N) is 1. The number of hydrogen-bond donors (Lipinski definition) is 1. The Hall–Kier alpha value is -1.12. The molecule has 2 N–H and O–H groups in total. The molecule has 0 aromatic heterocycles. The molecule has 2 heteroatoms. The maximum absolute atomic E-state index is 5.63. The Morgan fingerprint density at radius 3 is 2.29 bits per heavy atom. The molecule has 2 rings (SSSR count). The van der Waals surface area contributed by atoms with Crippen molar-refractivity contribution in [3.8, 4) is 11.1 Å². The summed E-state index contributed by atoms with van der Waals surface area (Å²) in [5.74, 6) is 0. The van der Waals surface area contributed by atoms with E-state index in [1.807, 2.05) is 0 Å². The van der Waals surface area contributed by atoms with Crippen molar-refractivity contribution in [2.24, 2.45) is 5.73 Å². The number of aryl methyl sites for hydroxylation is 1. The molecule has 0 bridgehead atoms. The topological polar surface area (TPSA) is 26.0 Å². The zero-order valence-corrected chi connectivity index (χ0v) is 11.5. The van der Waals surface area contributed by atoms with E-state index in [9.17, 15) is 0 Å². The highest BCUT2D eigenvalue weighted by Crippen LogP contribution is 2.24. The Morgan fingerprint density at radius 2 is 1.65 bits per heavy atom. The van der Waals surface area contributed by atoms with E-state index in [4.69, 9.17) is 5.73 Å². The first-order valence-corrected chi connectivity index (χ1v) is 6.55. The number of rotatable bonds is 3. The van der Waals surface area contributed by atoms with E-state index in [1.165, 1.54) is 22.3 Å². The van der Waals surface area contributed by atoms with Crippen molar-refractivity contribution in [1.82, 2.24) is 0 Å². The third kappa shape index (κ3) is 2.96. The van der Waals surface area contributed by atoms with Gasteiger partial charge in [-0.3, -0.25) is 0 Å².